The highest BCUT2D eigenvalue weighted by atomic mass is 16.1. The van der Waals surface area contributed by atoms with Crippen LogP contribution in [0.2, 0.25) is 0 Å². The van der Waals surface area contributed by atoms with Crippen molar-refractivity contribution >= 4 is 33.8 Å². The van der Waals surface area contributed by atoms with Crippen LogP contribution in [0.25, 0.3) is 22.3 Å². The summed E-state index contributed by atoms with van der Waals surface area (Å²) in [6.45, 7) is 0. The zero-order chi connectivity index (χ0) is 32.7. The van der Waals surface area contributed by atoms with Crippen LogP contribution in [0, 0.1) is 0 Å². The summed E-state index contributed by atoms with van der Waals surface area (Å²) in [6.07, 6.45) is 11.2. The minimum Gasteiger partial charge on any atom is -0.354 e. The van der Waals surface area contributed by atoms with Gasteiger partial charge >= 0.3 is 0 Å². The molecule has 3 N–H and O–H groups in total. The molecule has 0 amide bonds. The standard InChI is InChI=1S/C44H30N4O/c49-40-19-11-10-18-31(40)44-38-26-24-36(47-38)42(29-14-6-2-7-15-29)34-22-20-32(45-34)41(28-12-4-1-5-13-28)33-21-23-35(46-33)43(30-16-8-3-9-17-30)37-25-27-39(44)48-37/h1-27,45-47H. The Morgan fingerprint density at radius 2 is 0.878 bits per heavy atom. The van der Waals surface area contributed by atoms with Gasteiger partial charge in [-0.05, 0) is 71.3 Å². The minimum absolute atomic E-state index is 0.0564. The van der Waals surface area contributed by atoms with Gasteiger partial charge < -0.3 is 15.0 Å². The van der Waals surface area contributed by atoms with Gasteiger partial charge in [0.15, 0.2) is 5.78 Å². The Morgan fingerprint density at radius 3 is 1.41 bits per heavy atom. The van der Waals surface area contributed by atoms with Crippen molar-refractivity contribution in [1.82, 2.24) is 15.0 Å². The second-order valence-corrected chi connectivity index (χ2v) is 12.2. The van der Waals surface area contributed by atoms with Gasteiger partial charge in [0.2, 0.25) is 0 Å². The van der Waals surface area contributed by atoms with E-state index < -0.39 is 0 Å². The highest BCUT2D eigenvalue weighted by molar-refractivity contribution is 6.36. The Kier molecular flexibility index (Phi) is 6.87. The number of aromatic nitrogens is 3. The summed E-state index contributed by atoms with van der Waals surface area (Å²) in [5, 5.41) is 1.96. The molecular weight excluding hydrogens is 601 g/mol. The third-order valence-electron chi connectivity index (χ3n) is 9.17. The predicted molar refractivity (Wildman–Crippen MR) is 197 cm³/mol. The van der Waals surface area contributed by atoms with Crippen LogP contribution in [-0.2, 0) is 4.79 Å². The number of fused-ring (bicyclic) bond motifs is 7. The fourth-order valence-corrected chi connectivity index (χ4v) is 6.96. The second kappa shape index (κ2) is 11.8. The molecule has 5 heteroatoms. The monoisotopic (exact) mass is 630 g/mol. The normalized spacial score (nSPS) is 16.9. The number of hydrogen-bond donors (Lipinski definition) is 3. The van der Waals surface area contributed by atoms with Crippen molar-refractivity contribution in [2.45, 2.75) is 0 Å². The molecule has 0 unspecified atom stereocenters. The Balaban J connectivity index is 1.42. The highest BCUT2D eigenvalue weighted by Crippen LogP contribution is 2.35. The smallest absolute Gasteiger partial charge is 0.186 e. The molecule has 3 aromatic carbocycles. The lowest BCUT2D eigenvalue weighted by Crippen LogP contribution is -2.17. The Bertz CT molecular complexity index is 2580. The molecule has 1 aliphatic carbocycles. The summed E-state index contributed by atoms with van der Waals surface area (Å²) in [6, 6.07) is 43.9. The van der Waals surface area contributed by atoms with Gasteiger partial charge in [0, 0.05) is 61.3 Å². The van der Waals surface area contributed by atoms with E-state index in [-0.39, 0.29) is 5.78 Å². The van der Waals surface area contributed by atoms with Crippen LogP contribution in [-0.4, -0.2) is 26.4 Å². The molecule has 3 aliphatic rings. The van der Waals surface area contributed by atoms with Crippen LogP contribution >= 0.6 is 0 Å². The van der Waals surface area contributed by atoms with Crippen molar-refractivity contribution in [2.24, 2.45) is 4.99 Å². The summed E-state index contributed by atoms with van der Waals surface area (Å²) in [4.78, 5) is 30.0. The summed E-state index contributed by atoms with van der Waals surface area (Å²) in [7, 11) is 0. The third-order valence-corrected chi connectivity index (χ3v) is 9.17. The van der Waals surface area contributed by atoms with Crippen molar-refractivity contribution in [3.8, 4) is 0 Å². The zero-order valence-corrected chi connectivity index (χ0v) is 26.4. The number of ketones is 1. The number of hydrogen-bond acceptors (Lipinski definition) is 2. The molecule has 2 aliphatic heterocycles. The van der Waals surface area contributed by atoms with Gasteiger partial charge in [-0.3, -0.25) is 4.79 Å². The second-order valence-electron chi connectivity index (χ2n) is 12.2. The lowest BCUT2D eigenvalue weighted by atomic mass is 9.94. The number of nitrogens with zero attached hydrogens (tertiary/aromatic N) is 1. The predicted octanol–water partition coefficient (Wildman–Crippen LogP) is 7.40. The first-order chi connectivity index (χ1) is 24.2. The SMILES string of the molecule is O=C1C=CC=CC1=C1C2=NC(=C(c3ccccc3)c3ccc([nH]3)C(c3ccccc3)=c3ccc([nH]3)=C(c3ccccc3)c3ccc1[nH]3)C=C2. The van der Waals surface area contributed by atoms with E-state index in [0.29, 0.717) is 5.57 Å². The largest absolute Gasteiger partial charge is 0.354 e. The van der Waals surface area contributed by atoms with Gasteiger partial charge in [0.05, 0.1) is 11.4 Å². The van der Waals surface area contributed by atoms with Crippen molar-refractivity contribution in [3.63, 3.8) is 0 Å². The molecule has 3 aromatic heterocycles. The molecule has 232 valence electrons. The average molecular weight is 631 g/mol. The van der Waals surface area contributed by atoms with E-state index in [1.165, 1.54) is 0 Å². The first-order valence-corrected chi connectivity index (χ1v) is 16.4. The van der Waals surface area contributed by atoms with Gasteiger partial charge in [0.25, 0.3) is 0 Å². The molecule has 0 atom stereocenters. The van der Waals surface area contributed by atoms with Crippen molar-refractivity contribution in [1.29, 1.82) is 0 Å². The molecule has 5 heterocycles. The molecule has 6 aromatic rings. The topological polar surface area (TPSA) is 76.8 Å². The minimum atomic E-state index is -0.0564. The fourth-order valence-electron chi connectivity index (χ4n) is 6.96. The van der Waals surface area contributed by atoms with Crippen LogP contribution in [0.1, 0.15) is 39.5 Å². The van der Waals surface area contributed by atoms with Crippen LogP contribution in [0.5, 0.6) is 0 Å². The molecular formula is C44H30N4O. The Hall–Kier alpha value is -6.72. The van der Waals surface area contributed by atoms with Crippen LogP contribution in [0.3, 0.4) is 0 Å². The molecule has 0 radical (unpaired) electrons. The summed E-state index contributed by atoms with van der Waals surface area (Å²) < 4.78 is 0. The van der Waals surface area contributed by atoms with Crippen molar-refractivity contribution < 1.29 is 4.79 Å². The van der Waals surface area contributed by atoms with Crippen molar-refractivity contribution in [2.75, 3.05) is 0 Å². The molecule has 5 nitrogen and oxygen atoms in total. The van der Waals surface area contributed by atoms with Gasteiger partial charge in [-0.25, -0.2) is 4.99 Å². The molecule has 0 saturated heterocycles. The van der Waals surface area contributed by atoms with Crippen molar-refractivity contribution in [3.05, 3.63) is 225 Å². The van der Waals surface area contributed by atoms with Gasteiger partial charge in [-0.1, -0.05) is 109 Å². The molecule has 0 spiro atoms. The quantitative estimate of drug-likeness (QED) is 0.175. The summed E-state index contributed by atoms with van der Waals surface area (Å²) in [5.41, 5.74) is 12.8. The van der Waals surface area contributed by atoms with E-state index in [1.54, 1.807) is 12.2 Å². The van der Waals surface area contributed by atoms with Gasteiger partial charge in [0.1, 0.15) is 0 Å². The van der Waals surface area contributed by atoms with E-state index >= 15 is 0 Å². The zero-order valence-electron chi connectivity index (χ0n) is 26.4. The number of carbonyl (C=O) groups is 1. The number of aliphatic imine (C=N–C) groups is 1. The molecule has 0 saturated carbocycles. The van der Waals surface area contributed by atoms with E-state index in [1.807, 2.05) is 54.6 Å². The van der Waals surface area contributed by atoms with E-state index in [4.69, 9.17) is 4.99 Å². The van der Waals surface area contributed by atoms with Crippen LogP contribution in [0.4, 0.5) is 0 Å². The average Bonchev–Trinajstić information content (AvgIpc) is 3.98. The van der Waals surface area contributed by atoms with E-state index in [2.05, 4.69) is 112 Å². The summed E-state index contributed by atoms with van der Waals surface area (Å²) in [5.74, 6) is -0.0564. The number of benzene rings is 3. The molecule has 0 fully saturated rings. The van der Waals surface area contributed by atoms with Gasteiger partial charge in [-0.2, -0.15) is 0 Å². The number of aromatic amines is 3. The number of rotatable bonds is 3. The first-order valence-electron chi connectivity index (χ1n) is 16.4. The van der Waals surface area contributed by atoms with E-state index in [0.717, 1.165) is 83.9 Å². The maximum Gasteiger partial charge on any atom is 0.186 e. The Labute approximate surface area is 283 Å². The maximum absolute atomic E-state index is 13.4. The van der Waals surface area contributed by atoms with E-state index in [9.17, 15) is 4.79 Å². The molecule has 8 bridgehead atoms. The lowest BCUT2D eigenvalue weighted by molar-refractivity contribution is -0.111. The highest BCUT2D eigenvalue weighted by Gasteiger charge is 2.25. The fraction of sp³-hybridized carbons (Fsp3) is 0. The number of H-pyrrole nitrogens is 3. The number of carbonyl (C=O) groups excluding carboxylic acids is 1. The molecule has 9 rings (SSSR count). The Morgan fingerprint density at radius 1 is 0.408 bits per heavy atom. The van der Waals surface area contributed by atoms with Crippen LogP contribution in [0.15, 0.2) is 180 Å². The van der Waals surface area contributed by atoms with Gasteiger partial charge in [-0.15, -0.1) is 0 Å². The maximum atomic E-state index is 13.4. The number of nitrogens with one attached hydrogen (secondary N) is 3. The van der Waals surface area contributed by atoms with Crippen LogP contribution < -0.4 is 10.7 Å². The first kappa shape index (κ1) is 28.5. The number of allylic oxidation sites excluding steroid dienone is 8. The summed E-state index contributed by atoms with van der Waals surface area (Å²) >= 11 is 0. The molecule has 49 heavy (non-hydrogen) atoms. The third kappa shape index (κ3) is 5.05. The lowest BCUT2D eigenvalue weighted by Gasteiger charge is -2.12.